The van der Waals surface area contributed by atoms with Gasteiger partial charge in [-0.05, 0) is 37.1 Å². The quantitative estimate of drug-likeness (QED) is 0.936. The molecule has 1 fully saturated rings. The minimum atomic E-state index is -0.307. The van der Waals surface area contributed by atoms with Gasteiger partial charge in [0, 0.05) is 30.0 Å². The lowest BCUT2D eigenvalue weighted by Gasteiger charge is -2.30. The van der Waals surface area contributed by atoms with Gasteiger partial charge in [-0.15, -0.1) is 11.3 Å². The summed E-state index contributed by atoms with van der Waals surface area (Å²) in [7, 11) is 0. The van der Waals surface area contributed by atoms with Crippen molar-refractivity contribution in [2.75, 3.05) is 13.1 Å². The van der Waals surface area contributed by atoms with Gasteiger partial charge in [-0.25, -0.2) is 9.37 Å². The van der Waals surface area contributed by atoms with E-state index in [1.165, 1.54) is 23.5 Å². The number of halogens is 1. The molecule has 2 N–H and O–H groups in total. The highest BCUT2D eigenvalue weighted by Crippen LogP contribution is 2.25. The normalized spacial score (nSPS) is 15.6. The number of carbonyl (C=O) groups is 2. The van der Waals surface area contributed by atoms with E-state index in [-0.39, 0.29) is 23.5 Å². The first-order valence-electron chi connectivity index (χ1n) is 7.34. The van der Waals surface area contributed by atoms with Gasteiger partial charge < -0.3 is 10.6 Å². The summed E-state index contributed by atoms with van der Waals surface area (Å²) >= 11 is 1.35. The fourth-order valence-electron chi connectivity index (χ4n) is 2.63. The topological polar surface area (TPSA) is 76.3 Å². The van der Waals surface area contributed by atoms with Gasteiger partial charge in [0.05, 0.1) is 0 Å². The standard InChI is InChI=1S/C16H16FN3O2S/c17-12-3-1-11(2-4-12)15-19-13(9-23-15)16(22)20-7-5-10(6-8-20)14(18)21/h1-4,9-10H,5-8H2,(H2,18,21). The molecule has 0 saturated carbocycles. The number of carbonyl (C=O) groups excluding carboxylic acids is 2. The number of likely N-dealkylation sites (tertiary alicyclic amines) is 1. The maximum atomic E-state index is 13.0. The van der Waals surface area contributed by atoms with Gasteiger partial charge in [0.15, 0.2) is 0 Å². The summed E-state index contributed by atoms with van der Waals surface area (Å²) in [5.41, 5.74) is 6.46. The molecule has 1 saturated heterocycles. The number of nitrogens with two attached hydrogens (primary N) is 1. The second-order valence-electron chi connectivity index (χ2n) is 5.51. The van der Waals surface area contributed by atoms with Crippen molar-refractivity contribution < 1.29 is 14.0 Å². The minimum Gasteiger partial charge on any atom is -0.369 e. The number of primary amides is 1. The molecule has 0 spiro atoms. The Morgan fingerprint density at radius 1 is 1.22 bits per heavy atom. The molecule has 0 atom stereocenters. The second kappa shape index (κ2) is 6.45. The smallest absolute Gasteiger partial charge is 0.273 e. The van der Waals surface area contributed by atoms with Crippen LogP contribution in [0.1, 0.15) is 23.3 Å². The summed E-state index contributed by atoms with van der Waals surface area (Å²) in [6.07, 6.45) is 1.19. The van der Waals surface area contributed by atoms with Crippen LogP contribution < -0.4 is 5.73 Å². The third-order valence-electron chi connectivity index (χ3n) is 4.00. The van der Waals surface area contributed by atoms with Crippen molar-refractivity contribution in [3.05, 3.63) is 41.2 Å². The van der Waals surface area contributed by atoms with Crippen LogP contribution in [0.3, 0.4) is 0 Å². The van der Waals surface area contributed by atoms with E-state index in [2.05, 4.69) is 4.98 Å². The van der Waals surface area contributed by atoms with E-state index in [9.17, 15) is 14.0 Å². The lowest BCUT2D eigenvalue weighted by atomic mass is 9.96. The average molecular weight is 333 g/mol. The predicted octanol–water partition coefficient (Wildman–Crippen LogP) is 2.29. The predicted molar refractivity (Wildman–Crippen MR) is 85.3 cm³/mol. The largest absolute Gasteiger partial charge is 0.369 e. The van der Waals surface area contributed by atoms with Crippen molar-refractivity contribution in [2.45, 2.75) is 12.8 Å². The van der Waals surface area contributed by atoms with Gasteiger partial charge in [-0.1, -0.05) is 0 Å². The van der Waals surface area contributed by atoms with Gasteiger partial charge >= 0.3 is 0 Å². The molecule has 1 aliphatic rings. The number of thiazole rings is 1. The summed E-state index contributed by atoms with van der Waals surface area (Å²) in [5.74, 6) is -0.898. The molecule has 2 aromatic rings. The summed E-state index contributed by atoms with van der Waals surface area (Å²) < 4.78 is 13.0. The molecule has 7 heteroatoms. The Hall–Kier alpha value is -2.28. The van der Waals surface area contributed by atoms with E-state index < -0.39 is 0 Å². The zero-order valence-electron chi connectivity index (χ0n) is 12.4. The Kier molecular flexibility index (Phi) is 4.38. The Bertz CT molecular complexity index is 721. The molecule has 5 nitrogen and oxygen atoms in total. The van der Waals surface area contributed by atoms with E-state index in [4.69, 9.17) is 5.73 Å². The van der Waals surface area contributed by atoms with E-state index in [1.807, 2.05) is 0 Å². The fraction of sp³-hybridized carbons (Fsp3) is 0.312. The third-order valence-corrected chi connectivity index (χ3v) is 4.89. The number of benzene rings is 1. The summed E-state index contributed by atoms with van der Waals surface area (Å²) in [4.78, 5) is 29.7. The number of aromatic nitrogens is 1. The van der Waals surface area contributed by atoms with Crippen LogP contribution in [0.4, 0.5) is 4.39 Å². The molecular weight excluding hydrogens is 317 g/mol. The Morgan fingerprint density at radius 3 is 2.48 bits per heavy atom. The zero-order valence-corrected chi connectivity index (χ0v) is 13.2. The van der Waals surface area contributed by atoms with Crippen molar-refractivity contribution in [3.63, 3.8) is 0 Å². The fourth-order valence-corrected chi connectivity index (χ4v) is 3.43. The third kappa shape index (κ3) is 3.39. The molecule has 0 aliphatic carbocycles. The van der Waals surface area contributed by atoms with Gasteiger partial charge in [0.2, 0.25) is 5.91 Å². The molecule has 1 aliphatic heterocycles. The average Bonchev–Trinajstić information content (AvgIpc) is 3.05. The van der Waals surface area contributed by atoms with Crippen molar-refractivity contribution in [1.29, 1.82) is 0 Å². The Morgan fingerprint density at radius 2 is 1.87 bits per heavy atom. The molecule has 23 heavy (non-hydrogen) atoms. The second-order valence-corrected chi connectivity index (χ2v) is 6.37. The van der Waals surface area contributed by atoms with Gasteiger partial charge in [-0.2, -0.15) is 0 Å². The summed E-state index contributed by atoms with van der Waals surface area (Å²) in [5, 5.41) is 2.39. The molecule has 0 bridgehead atoms. The van der Waals surface area contributed by atoms with Crippen molar-refractivity contribution in [2.24, 2.45) is 11.7 Å². The van der Waals surface area contributed by atoms with Gasteiger partial charge in [0.1, 0.15) is 16.5 Å². The Balaban J connectivity index is 1.69. The lowest BCUT2D eigenvalue weighted by molar-refractivity contribution is -0.123. The highest BCUT2D eigenvalue weighted by Gasteiger charge is 2.27. The first kappa shape index (κ1) is 15.6. The Labute approximate surface area is 136 Å². The highest BCUT2D eigenvalue weighted by molar-refractivity contribution is 7.13. The van der Waals surface area contributed by atoms with Crippen LogP contribution in [0.15, 0.2) is 29.6 Å². The first-order chi connectivity index (χ1) is 11.0. The summed E-state index contributed by atoms with van der Waals surface area (Å²) in [6, 6.07) is 6.02. The number of nitrogens with zero attached hydrogens (tertiary/aromatic N) is 2. The van der Waals surface area contributed by atoms with Crippen LogP contribution in [0.25, 0.3) is 10.6 Å². The maximum absolute atomic E-state index is 13.0. The molecule has 0 unspecified atom stereocenters. The van der Waals surface area contributed by atoms with Crippen LogP contribution in [-0.2, 0) is 4.79 Å². The van der Waals surface area contributed by atoms with Crippen molar-refractivity contribution >= 4 is 23.2 Å². The monoisotopic (exact) mass is 333 g/mol. The number of piperidine rings is 1. The molecule has 2 heterocycles. The molecule has 0 radical (unpaired) electrons. The van der Waals surface area contributed by atoms with Crippen LogP contribution in [0.2, 0.25) is 0 Å². The van der Waals surface area contributed by atoms with Crippen LogP contribution in [0.5, 0.6) is 0 Å². The van der Waals surface area contributed by atoms with E-state index >= 15 is 0 Å². The van der Waals surface area contributed by atoms with Gasteiger partial charge in [-0.3, -0.25) is 9.59 Å². The maximum Gasteiger partial charge on any atom is 0.273 e. The van der Waals surface area contributed by atoms with E-state index in [0.717, 1.165) is 5.56 Å². The van der Waals surface area contributed by atoms with Crippen LogP contribution >= 0.6 is 11.3 Å². The van der Waals surface area contributed by atoms with Gasteiger partial charge in [0.25, 0.3) is 5.91 Å². The zero-order chi connectivity index (χ0) is 16.4. The molecular formula is C16H16FN3O2S. The highest BCUT2D eigenvalue weighted by atomic mass is 32.1. The number of hydrogen-bond acceptors (Lipinski definition) is 4. The number of hydrogen-bond donors (Lipinski definition) is 1. The SMILES string of the molecule is NC(=O)C1CCN(C(=O)c2csc(-c3ccc(F)cc3)n2)CC1. The molecule has 2 amide bonds. The molecule has 120 valence electrons. The number of rotatable bonds is 3. The first-order valence-corrected chi connectivity index (χ1v) is 8.22. The van der Waals surface area contributed by atoms with Crippen LogP contribution in [0, 0.1) is 11.7 Å². The molecule has 3 rings (SSSR count). The lowest BCUT2D eigenvalue weighted by Crippen LogP contribution is -2.41. The van der Waals surface area contributed by atoms with E-state index in [0.29, 0.717) is 36.6 Å². The van der Waals surface area contributed by atoms with Crippen LogP contribution in [-0.4, -0.2) is 34.8 Å². The molecule has 1 aromatic carbocycles. The molecule has 1 aromatic heterocycles. The van der Waals surface area contributed by atoms with E-state index in [1.54, 1.807) is 22.4 Å². The van der Waals surface area contributed by atoms with Crippen molar-refractivity contribution in [1.82, 2.24) is 9.88 Å². The summed E-state index contributed by atoms with van der Waals surface area (Å²) in [6.45, 7) is 1.02. The van der Waals surface area contributed by atoms with Crippen molar-refractivity contribution in [3.8, 4) is 10.6 Å². The number of amides is 2. The minimum absolute atomic E-state index is 0.141.